The van der Waals surface area contributed by atoms with Crippen molar-refractivity contribution in [3.63, 3.8) is 0 Å². The largest absolute Gasteiger partial charge is 0.486 e. The Morgan fingerprint density at radius 2 is 2.19 bits per heavy atom. The van der Waals surface area contributed by atoms with Gasteiger partial charge in [-0.15, -0.1) is 11.3 Å². The first kappa shape index (κ1) is 17.8. The molecule has 0 fully saturated rings. The summed E-state index contributed by atoms with van der Waals surface area (Å²) in [6.45, 7) is 0. The number of aryl methyl sites for hydroxylation is 1. The van der Waals surface area contributed by atoms with Gasteiger partial charge in [0.1, 0.15) is 17.5 Å². The number of carbonyl (C=O) groups excluding carboxylic acids is 1. The molecule has 3 N–H and O–H groups in total. The first-order valence-corrected chi connectivity index (χ1v) is 9.56. The average Bonchev–Trinajstić information content (AvgIpc) is 3.19. The van der Waals surface area contributed by atoms with Crippen molar-refractivity contribution in [3.8, 4) is 5.75 Å². The van der Waals surface area contributed by atoms with Crippen LogP contribution in [-0.4, -0.2) is 22.0 Å². The zero-order valence-corrected chi connectivity index (χ0v) is 15.6. The maximum Gasteiger partial charge on any atom is 0.307 e. The zero-order valence-electron chi connectivity index (χ0n) is 14.1. The minimum atomic E-state index is -0.892. The Labute approximate surface area is 163 Å². The van der Waals surface area contributed by atoms with Gasteiger partial charge in [0.15, 0.2) is 0 Å². The smallest absolute Gasteiger partial charge is 0.307 e. The van der Waals surface area contributed by atoms with E-state index < -0.39 is 11.9 Å². The molecule has 1 atom stereocenters. The summed E-state index contributed by atoms with van der Waals surface area (Å²) in [5.41, 5.74) is 8.00. The fourth-order valence-corrected chi connectivity index (χ4v) is 4.77. The summed E-state index contributed by atoms with van der Waals surface area (Å²) >= 11 is 7.84. The van der Waals surface area contributed by atoms with Crippen molar-refractivity contribution in [2.24, 2.45) is 5.73 Å². The molecule has 0 spiro atoms. The molecular weight excluding hydrogens is 388 g/mol. The van der Waals surface area contributed by atoms with Gasteiger partial charge in [-0.25, -0.2) is 4.98 Å². The van der Waals surface area contributed by atoms with E-state index in [9.17, 15) is 9.59 Å². The molecule has 3 aromatic rings. The molecule has 1 amide bonds. The standard InChI is InChI=1S/C19H15ClN2O4S/c20-12-6-10(7-16-18(12)9(8-27-16)5-17(23)24)26-15-4-3-13-11(15)1-2-14(22-13)19(21)25/h1-2,6-8,15H,3-5H2,(H2,21,25)(H,23,24). The van der Waals surface area contributed by atoms with Gasteiger partial charge in [0.2, 0.25) is 0 Å². The topological polar surface area (TPSA) is 103 Å². The second-order valence-corrected chi connectivity index (χ2v) is 7.67. The molecule has 1 unspecified atom stereocenters. The van der Waals surface area contributed by atoms with Crippen molar-refractivity contribution < 1.29 is 19.4 Å². The molecule has 0 bridgehead atoms. The lowest BCUT2D eigenvalue weighted by Gasteiger charge is -2.15. The van der Waals surface area contributed by atoms with Crippen LogP contribution in [0.4, 0.5) is 0 Å². The molecule has 0 saturated heterocycles. The van der Waals surface area contributed by atoms with E-state index in [2.05, 4.69) is 4.98 Å². The number of pyridine rings is 1. The van der Waals surface area contributed by atoms with Gasteiger partial charge in [0, 0.05) is 21.3 Å². The van der Waals surface area contributed by atoms with Gasteiger partial charge in [0.05, 0.1) is 11.4 Å². The van der Waals surface area contributed by atoms with E-state index >= 15 is 0 Å². The third-order valence-corrected chi connectivity index (χ3v) is 5.83. The van der Waals surface area contributed by atoms with Crippen LogP contribution in [0.25, 0.3) is 10.1 Å². The van der Waals surface area contributed by atoms with Gasteiger partial charge in [-0.2, -0.15) is 0 Å². The monoisotopic (exact) mass is 402 g/mol. The molecule has 1 aliphatic carbocycles. The van der Waals surface area contributed by atoms with Crippen molar-refractivity contribution in [2.75, 3.05) is 0 Å². The second kappa shape index (κ2) is 6.83. The molecule has 0 aliphatic heterocycles. The van der Waals surface area contributed by atoms with Crippen LogP contribution < -0.4 is 10.5 Å². The highest BCUT2D eigenvalue weighted by Gasteiger charge is 2.26. The SMILES string of the molecule is NC(=O)c1ccc2c(n1)CCC2Oc1cc(Cl)c2c(CC(=O)O)csc2c1. The number of benzene rings is 1. The van der Waals surface area contributed by atoms with Crippen molar-refractivity contribution in [3.05, 3.63) is 57.2 Å². The van der Waals surface area contributed by atoms with E-state index in [1.165, 1.54) is 11.3 Å². The number of ether oxygens (including phenoxy) is 1. The Morgan fingerprint density at radius 3 is 2.93 bits per heavy atom. The molecular formula is C19H15ClN2O4S. The van der Waals surface area contributed by atoms with Gasteiger partial charge < -0.3 is 15.6 Å². The number of nitrogens with zero attached hydrogens (tertiary/aromatic N) is 1. The van der Waals surface area contributed by atoms with Gasteiger partial charge >= 0.3 is 5.97 Å². The van der Waals surface area contributed by atoms with E-state index in [0.717, 1.165) is 27.8 Å². The number of carboxylic acids is 1. The number of aromatic nitrogens is 1. The maximum absolute atomic E-state index is 11.3. The molecule has 6 nitrogen and oxygen atoms in total. The second-order valence-electron chi connectivity index (χ2n) is 6.35. The Bertz CT molecular complexity index is 1080. The summed E-state index contributed by atoms with van der Waals surface area (Å²) in [4.78, 5) is 26.6. The number of thiophene rings is 1. The van der Waals surface area contributed by atoms with Gasteiger partial charge in [-0.05, 0) is 42.0 Å². The van der Waals surface area contributed by atoms with Gasteiger partial charge in [-0.1, -0.05) is 17.7 Å². The van der Waals surface area contributed by atoms with Crippen LogP contribution in [0.5, 0.6) is 5.75 Å². The average molecular weight is 403 g/mol. The fourth-order valence-electron chi connectivity index (χ4n) is 3.37. The third kappa shape index (κ3) is 3.36. The zero-order chi connectivity index (χ0) is 19.1. The summed E-state index contributed by atoms with van der Waals surface area (Å²) in [6, 6.07) is 7.03. The summed E-state index contributed by atoms with van der Waals surface area (Å²) in [5, 5.41) is 12.1. The summed E-state index contributed by atoms with van der Waals surface area (Å²) in [6.07, 6.45) is 1.21. The maximum atomic E-state index is 11.3. The van der Waals surface area contributed by atoms with Crippen LogP contribution in [0.15, 0.2) is 29.6 Å². The fraction of sp³-hybridized carbons (Fsp3) is 0.211. The summed E-state index contributed by atoms with van der Waals surface area (Å²) in [7, 11) is 0. The van der Waals surface area contributed by atoms with Crippen molar-refractivity contribution in [2.45, 2.75) is 25.4 Å². The number of primary amides is 1. The first-order valence-electron chi connectivity index (χ1n) is 8.30. The number of carboxylic acid groups (broad SMARTS) is 1. The molecule has 2 heterocycles. The Balaban J connectivity index is 1.62. The van der Waals surface area contributed by atoms with E-state index in [0.29, 0.717) is 22.8 Å². The van der Waals surface area contributed by atoms with E-state index in [1.807, 2.05) is 17.5 Å². The quantitative estimate of drug-likeness (QED) is 0.676. The van der Waals surface area contributed by atoms with Crippen LogP contribution in [0.1, 0.15) is 39.8 Å². The molecule has 8 heteroatoms. The molecule has 138 valence electrons. The van der Waals surface area contributed by atoms with Crippen LogP contribution >= 0.6 is 22.9 Å². The van der Waals surface area contributed by atoms with Crippen molar-refractivity contribution in [1.29, 1.82) is 0 Å². The van der Waals surface area contributed by atoms with E-state index in [1.54, 1.807) is 12.1 Å². The van der Waals surface area contributed by atoms with E-state index in [4.69, 9.17) is 27.2 Å². The van der Waals surface area contributed by atoms with Crippen LogP contribution in [-0.2, 0) is 17.6 Å². The van der Waals surface area contributed by atoms with Crippen LogP contribution in [0.2, 0.25) is 5.02 Å². The summed E-state index contributed by atoms with van der Waals surface area (Å²) < 4.78 is 7.01. The number of nitrogens with two attached hydrogens (primary N) is 1. The number of hydrogen-bond donors (Lipinski definition) is 2. The lowest BCUT2D eigenvalue weighted by molar-refractivity contribution is -0.136. The molecule has 0 saturated carbocycles. The molecule has 27 heavy (non-hydrogen) atoms. The first-order chi connectivity index (χ1) is 12.9. The molecule has 1 aromatic carbocycles. The predicted octanol–water partition coefficient (Wildman–Crippen LogP) is 3.74. The van der Waals surface area contributed by atoms with Crippen molar-refractivity contribution in [1.82, 2.24) is 4.98 Å². The van der Waals surface area contributed by atoms with E-state index in [-0.39, 0.29) is 18.2 Å². The molecule has 0 radical (unpaired) electrons. The Kier molecular flexibility index (Phi) is 4.49. The van der Waals surface area contributed by atoms with Gasteiger partial charge in [-0.3, -0.25) is 9.59 Å². The predicted molar refractivity (Wildman–Crippen MR) is 103 cm³/mol. The minimum Gasteiger partial charge on any atom is -0.486 e. The highest BCUT2D eigenvalue weighted by molar-refractivity contribution is 7.17. The number of aliphatic carboxylic acids is 1. The number of carbonyl (C=O) groups is 2. The van der Waals surface area contributed by atoms with Gasteiger partial charge in [0.25, 0.3) is 5.91 Å². The lowest BCUT2D eigenvalue weighted by Crippen LogP contribution is -2.14. The Morgan fingerprint density at radius 1 is 1.37 bits per heavy atom. The number of rotatable bonds is 5. The van der Waals surface area contributed by atoms with Crippen LogP contribution in [0.3, 0.4) is 0 Å². The third-order valence-electron chi connectivity index (χ3n) is 4.55. The number of hydrogen-bond acceptors (Lipinski definition) is 5. The van der Waals surface area contributed by atoms with Crippen molar-refractivity contribution >= 4 is 44.9 Å². The van der Waals surface area contributed by atoms with Crippen LogP contribution in [0, 0.1) is 0 Å². The highest BCUT2D eigenvalue weighted by Crippen LogP contribution is 2.39. The lowest BCUT2D eigenvalue weighted by atomic mass is 10.1. The molecule has 1 aliphatic rings. The molecule has 4 rings (SSSR count). The summed E-state index contributed by atoms with van der Waals surface area (Å²) in [5.74, 6) is -0.821. The highest BCUT2D eigenvalue weighted by atomic mass is 35.5. The normalized spacial score (nSPS) is 15.7. The molecule has 2 aromatic heterocycles. The number of amides is 1. The number of halogens is 1. The number of fused-ring (bicyclic) bond motifs is 2. The minimum absolute atomic E-state index is 0.0657. The Hall–Kier alpha value is -2.64.